The van der Waals surface area contributed by atoms with Gasteiger partial charge in [-0.25, -0.2) is 4.98 Å². The van der Waals surface area contributed by atoms with Crippen LogP contribution < -0.4 is 10.1 Å². The van der Waals surface area contributed by atoms with Gasteiger partial charge in [0.2, 0.25) is 11.8 Å². The topological polar surface area (TPSA) is 93.4 Å². The van der Waals surface area contributed by atoms with E-state index in [4.69, 9.17) is 9.26 Å². The minimum absolute atomic E-state index is 0.0390. The lowest BCUT2D eigenvalue weighted by Crippen LogP contribution is -2.27. The van der Waals surface area contributed by atoms with Crippen LogP contribution in [0.1, 0.15) is 53.8 Å². The van der Waals surface area contributed by atoms with Gasteiger partial charge in [-0.2, -0.15) is 4.98 Å². The van der Waals surface area contributed by atoms with Crippen LogP contribution in [0, 0.1) is 0 Å². The molecule has 1 saturated carbocycles. The van der Waals surface area contributed by atoms with Crippen molar-refractivity contribution in [1.82, 2.24) is 25.3 Å². The van der Waals surface area contributed by atoms with E-state index in [1.807, 2.05) is 18.3 Å². The predicted octanol–water partition coefficient (Wildman–Crippen LogP) is 1.70. The molecule has 2 fully saturated rings. The summed E-state index contributed by atoms with van der Waals surface area (Å²) in [7, 11) is 1.60. The first-order valence-electron chi connectivity index (χ1n) is 8.60. The molecule has 1 aliphatic carbocycles. The van der Waals surface area contributed by atoms with Crippen molar-refractivity contribution in [2.45, 2.75) is 44.3 Å². The van der Waals surface area contributed by atoms with Gasteiger partial charge < -0.3 is 14.6 Å². The molecule has 3 heterocycles. The Morgan fingerprint density at radius 1 is 1.40 bits per heavy atom. The van der Waals surface area contributed by atoms with Crippen LogP contribution >= 0.6 is 0 Å². The maximum absolute atomic E-state index is 12.0. The number of carbonyl (C=O) groups is 1. The molecule has 25 heavy (non-hydrogen) atoms. The van der Waals surface area contributed by atoms with Crippen molar-refractivity contribution in [3.8, 4) is 5.88 Å². The van der Waals surface area contributed by atoms with Gasteiger partial charge in [0, 0.05) is 24.8 Å². The number of nitrogens with one attached hydrogen (secondary N) is 1. The van der Waals surface area contributed by atoms with E-state index in [9.17, 15) is 4.79 Å². The molecule has 8 heteroatoms. The van der Waals surface area contributed by atoms with E-state index in [1.54, 1.807) is 7.11 Å². The summed E-state index contributed by atoms with van der Waals surface area (Å²) in [6.07, 6.45) is 5.87. The van der Waals surface area contributed by atoms with E-state index >= 15 is 0 Å². The van der Waals surface area contributed by atoms with Crippen molar-refractivity contribution in [2.24, 2.45) is 0 Å². The number of methoxy groups -OCH3 is 1. The Morgan fingerprint density at radius 2 is 2.28 bits per heavy atom. The Bertz CT molecular complexity index is 741. The number of hydrogen-bond donors (Lipinski definition) is 1. The Morgan fingerprint density at radius 3 is 3.00 bits per heavy atom. The molecule has 1 saturated heterocycles. The Kier molecular flexibility index (Phi) is 4.35. The van der Waals surface area contributed by atoms with Gasteiger partial charge in [0.05, 0.1) is 13.2 Å². The third-order valence-corrected chi connectivity index (χ3v) is 4.60. The first-order valence-corrected chi connectivity index (χ1v) is 8.60. The zero-order valence-corrected chi connectivity index (χ0v) is 14.1. The van der Waals surface area contributed by atoms with Crippen LogP contribution in [0.4, 0.5) is 0 Å². The third-order valence-electron chi connectivity index (χ3n) is 4.60. The van der Waals surface area contributed by atoms with E-state index in [0.717, 1.165) is 44.3 Å². The molecule has 1 aliphatic heterocycles. The van der Waals surface area contributed by atoms with Crippen molar-refractivity contribution in [1.29, 1.82) is 0 Å². The Balaban J connectivity index is 1.43. The second kappa shape index (κ2) is 6.79. The fraction of sp³-hybridized carbons (Fsp3) is 0.529. The minimum Gasteiger partial charge on any atom is -0.481 e. The number of carbonyl (C=O) groups excluding carboxylic acids is 1. The van der Waals surface area contributed by atoms with Gasteiger partial charge in [0.25, 0.3) is 11.7 Å². The molecule has 8 nitrogen and oxygen atoms in total. The number of rotatable bonds is 6. The van der Waals surface area contributed by atoms with Crippen LogP contribution in [0.5, 0.6) is 5.88 Å². The normalized spacial score (nSPS) is 20.6. The summed E-state index contributed by atoms with van der Waals surface area (Å²) >= 11 is 0. The van der Waals surface area contributed by atoms with Gasteiger partial charge in [-0.15, -0.1) is 0 Å². The highest BCUT2D eigenvalue weighted by Crippen LogP contribution is 2.32. The van der Waals surface area contributed by atoms with Crippen LogP contribution in [-0.2, 0) is 6.54 Å². The number of likely N-dealkylation sites (tertiary alicyclic amines) is 1. The Hall–Kier alpha value is -2.48. The van der Waals surface area contributed by atoms with Gasteiger partial charge in [-0.1, -0.05) is 11.2 Å². The molecule has 2 aromatic heterocycles. The van der Waals surface area contributed by atoms with E-state index in [-0.39, 0.29) is 23.8 Å². The van der Waals surface area contributed by atoms with Crippen LogP contribution in [0.3, 0.4) is 0 Å². The molecule has 0 radical (unpaired) electrons. The number of nitrogens with zero attached hydrogens (tertiary/aromatic N) is 4. The van der Waals surface area contributed by atoms with Gasteiger partial charge in [-0.05, 0) is 37.8 Å². The summed E-state index contributed by atoms with van der Waals surface area (Å²) in [5, 5.41) is 6.73. The number of hydrogen-bond acceptors (Lipinski definition) is 7. The SMILES string of the molecule is COc1ccc(CN2CCC[C@H]2c2nc(C(=O)NC3CC3)no2)cn1. The van der Waals surface area contributed by atoms with Crippen LogP contribution in [0.15, 0.2) is 22.9 Å². The summed E-state index contributed by atoms with van der Waals surface area (Å²) in [5.74, 6) is 0.992. The average molecular weight is 343 g/mol. The van der Waals surface area contributed by atoms with Gasteiger partial charge in [-0.3, -0.25) is 9.69 Å². The molecule has 0 spiro atoms. The molecule has 1 amide bonds. The van der Waals surface area contributed by atoms with Gasteiger partial charge in [0.15, 0.2) is 0 Å². The molecular weight excluding hydrogens is 322 g/mol. The van der Waals surface area contributed by atoms with Crippen molar-refractivity contribution >= 4 is 5.91 Å². The van der Waals surface area contributed by atoms with Crippen molar-refractivity contribution in [3.05, 3.63) is 35.6 Å². The highest BCUT2D eigenvalue weighted by molar-refractivity contribution is 5.90. The zero-order valence-electron chi connectivity index (χ0n) is 14.1. The molecule has 0 bridgehead atoms. The van der Waals surface area contributed by atoms with Crippen molar-refractivity contribution in [3.63, 3.8) is 0 Å². The van der Waals surface area contributed by atoms with Crippen LogP contribution in [-0.4, -0.2) is 45.6 Å². The van der Waals surface area contributed by atoms with Gasteiger partial charge in [0.1, 0.15) is 0 Å². The molecular formula is C17H21N5O3. The fourth-order valence-electron chi connectivity index (χ4n) is 3.10. The Labute approximate surface area is 145 Å². The molecule has 4 rings (SSSR count). The highest BCUT2D eigenvalue weighted by atomic mass is 16.5. The fourth-order valence-corrected chi connectivity index (χ4v) is 3.10. The monoisotopic (exact) mass is 343 g/mol. The smallest absolute Gasteiger partial charge is 0.292 e. The van der Waals surface area contributed by atoms with Gasteiger partial charge >= 0.3 is 0 Å². The second-order valence-corrected chi connectivity index (χ2v) is 6.54. The summed E-state index contributed by atoms with van der Waals surface area (Å²) < 4.78 is 10.5. The summed E-state index contributed by atoms with van der Waals surface area (Å²) in [5.41, 5.74) is 1.10. The maximum atomic E-state index is 12.0. The minimum atomic E-state index is -0.249. The number of pyridine rings is 1. The predicted molar refractivity (Wildman–Crippen MR) is 88.0 cm³/mol. The number of ether oxygens (including phenoxy) is 1. The first-order chi connectivity index (χ1) is 12.2. The molecule has 2 aliphatic rings. The molecule has 0 aromatic carbocycles. The van der Waals surface area contributed by atoms with E-state index in [0.29, 0.717) is 11.8 Å². The highest BCUT2D eigenvalue weighted by Gasteiger charge is 2.32. The van der Waals surface area contributed by atoms with Crippen LogP contribution in [0.2, 0.25) is 0 Å². The van der Waals surface area contributed by atoms with E-state index < -0.39 is 0 Å². The lowest BCUT2D eigenvalue weighted by atomic mass is 10.2. The summed E-state index contributed by atoms with van der Waals surface area (Å²) in [4.78, 5) is 22.9. The lowest BCUT2D eigenvalue weighted by Gasteiger charge is -2.21. The number of amides is 1. The molecule has 1 atom stereocenters. The third kappa shape index (κ3) is 3.63. The summed E-state index contributed by atoms with van der Waals surface area (Å²) in [6, 6.07) is 4.17. The van der Waals surface area contributed by atoms with Crippen molar-refractivity contribution < 1.29 is 14.1 Å². The van der Waals surface area contributed by atoms with E-state index in [1.165, 1.54) is 0 Å². The zero-order chi connectivity index (χ0) is 17.2. The second-order valence-electron chi connectivity index (χ2n) is 6.54. The largest absolute Gasteiger partial charge is 0.481 e. The summed E-state index contributed by atoms with van der Waals surface area (Å²) in [6.45, 7) is 1.69. The molecule has 0 unspecified atom stereocenters. The lowest BCUT2D eigenvalue weighted by molar-refractivity contribution is 0.0937. The molecule has 132 valence electrons. The van der Waals surface area contributed by atoms with Crippen molar-refractivity contribution in [2.75, 3.05) is 13.7 Å². The average Bonchev–Trinajstić information content (AvgIpc) is 3.12. The maximum Gasteiger partial charge on any atom is 0.292 e. The first kappa shape index (κ1) is 16.0. The molecule has 1 N–H and O–H groups in total. The van der Waals surface area contributed by atoms with Crippen LogP contribution in [0.25, 0.3) is 0 Å². The number of aromatic nitrogens is 3. The quantitative estimate of drug-likeness (QED) is 0.853. The standard InChI is InChI=1S/C17H21N5O3/c1-24-14-7-4-11(9-18-14)10-22-8-2-3-13(22)17-20-15(21-25-17)16(23)19-12-5-6-12/h4,7,9,12-13H,2-3,5-6,8,10H2,1H3,(H,19,23)/t13-/m0/s1. The van der Waals surface area contributed by atoms with E-state index in [2.05, 4.69) is 25.3 Å². The molecule has 2 aromatic rings.